The van der Waals surface area contributed by atoms with Crippen molar-refractivity contribution in [2.45, 2.75) is 39.3 Å². The van der Waals surface area contributed by atoms with Gasteiger partial charge < -0.3 is 14.4 Å². The molecule has 1 aliphatic carbocycles. The predicted molar refractivity (Wildman–Crippen MR) is 148 cm³/mol. The monoisotopic (exact) mass is 573 g/mol. The van der Waals surface area contributed by atoms with Crippen LogP contribution in [-0.4, -0.2) is 42.3 Å². The molecule has 0 atom stereocenters. The fourth-order valence-corrected chi connectivity index (χ4v) is 4.85. The maximum Gasteiger partial charge on any atom is 0.354 e. The molecule has 214 valence electrons. The second kappa shape index (κ2) is 10.9. The third kappa shape index (κ3) is 5.54. The Balaban J connectivity index is 1.25. The Hall–Kier alpha value is -4.80. The number of hydrogen-bond acceptors (Lipinski definition) is 6. The molecule has 42 heavy (non-hydrogen) atoms. The van der Waals surface area contributed by atoms with Crippen molar-refractivity contribution >= 4 is 17.1 Å². The van der Waals surface area contributed by atoms with Crippen molar-refractivity contribution in [1.82, 2.24) is 24.5 Å². The Kier molecular flexibility index (Phi) is 7.09. The van der Waals surface area contributed by atoms with Crippen LogP contribution in [0, 0.1) is 24.0 Å². The van der Waals surface area contributed by atoms with Crippen LogP contribution in [0.3, 0.4) is 0 Å². The number of halogens is 3. The molecule has 1 aliphatic rings. The van der Waals surface area contributed by atoms with E-state index in [4.69, 9.17) is 4.74 Å². The van der Waals surface area contributed by atoms with Crippen LogP contribution in [0.4, 0.5) is 13.2 Å². The van der Waals surface area contributed by atoms with E-state index in [0.29, 0.717) is 40.4 Å². The van der Waals surface area contributed by atoms with Crippen molar-refractivity contribution in [3.05, 3.63) is 101 Å². The van der Waals surface area contributed by atoms with Crippen LogP contribution in [0.5, 0.6) is 6.01 Å². The Morgan fingerprint density at radius 2 is 1.86 bits per heavy atom. The SMILES string of the molecule is Cc1ccc(COc2nccc(-c3ccc(Cc4nc5ccc(C(=O)O)nc5n4CC4(CF)CC4)cc3F)n2)c(F)c1. The van der Waals surface area contributed by atoms with Gasteiger partial charge in [0, 0.05) is 35.7 Å². The van der Waals surface area contributed by atoms with Crippen LogP contribution in [0.2, 0.25) is 0 Å². The van der Waals surface area contributed by atoms with Crippen molar-refractivity contribution in [2.75, 3.05) is 6.67 Å². The molecular formula is C31H26F3N5O3. The van der Waals surface area contributed by atoms with E-state index in [0.717, 1.165) is 18.4 Å². The highest BCUT2D eigenvalue weighted by molar-refractivity contribution is 5.88. The molecule has 5 aromatic rings. The number of rotatable bonds is 10. The minimum atomic E-state index is -1.17. The van der Waals surface area contributed by atoms with E-state index in [1.165, 1.54) is 24.4 Å². The molecule has 8 nitrogen and oxygen atoms in total. The fourth-order valence-electron chi connectivity index (χ4n) is 4.85. The summed E-state index contributed by atoms with van der Waals surface area (Å²) in [6.45, 7) is 1.52. The van der Waals surface area contributed by atoms with Crippen molar-refractivity contribution in [3.8, 4) is 17.3 Å². The van der Waals surface area contributed by atoms with Gasteiger partial charge in [-0.1, -0.05) is 18.2 Å². The Morgan fingerprint density at radius 1 is 1.02 bits per heavy atom. The third-order valence-corrected chi connectivity index (χ3v) is 7.49. The third-order valence-electron chi connectivity index (χ3n) is 7.49. The number of carboxylic acids is 1. The lowest BCUT2D eigenvalue weighted by Gasteiger charge is -2.15. The van der Waals surface area contributed by atoms with E-state index in [9.17, 15) is 18.7 Å². The van der Waals surface area contributed by atoms with Gasteiger partial charge in [-0.05, 0) is 67.3 Å². The zero-order valence-electron chi connectivity index (χ0n) is 22.6. The van der Waals surface area contributed by atoms with Crippen molar-refractivity contribution < 1.29 is 27.8 Å². The van der Waals surface area contributed by atoms with Crippen molar-refractivity contribution in [1.29, 1.82) is 0 Å². The average molecular weight is 574 g/mol. The molecule has 0 bridgehead atoms. The predicted octanol–water partition coefficient (Wildman–Crippen LogP) is 6.09. The summed E-state index contributed by atoms with van der Waals surface area (Å²) in [6, 6.07) is 14.0. The highest BCUT2D eigenvalue weighted by Crippen LogP contribution is 2.48. The van der Waals surface area contributed by atoms with Gasteiger partial charge in [-0.3, -0.25) is 4.39 Å². The molecule has 0 spiro atoms. The standard InChI is InChI=1S/C31H26F3N5O3/c1-18-2-4-20(22(33)12-18)15-42-30-35-11-8-24(38-30)21-5-3-19(13-23(21)34)14-27-36-25-6-7-26(29(40)41)37-28(25)39(27)17-31(16-32)9-10-31/h2-8,11-13H,9-10,14-17H2,1H3,(H,40,41). The van der Waals surface area contributed by atoms with Crippen LogP contribution in [-0.2, 0) is 19.6 Å². The number of aromatic nitrogens is 5. The number of aryl methyl sites for hydroxylation is 1. The summed E-state index contributed by atoms with van der Waals surface area (Å²) in [5.41, 5.74) is 2.47. The van der Waals surface area contributed by atoms with E-state index < -0.39 is 29.7 Å². The number of carboxylic acid groups (broad SMARTS) is 1. The first-order valence-corrected chi connectivity index (χ1v) is 13.4. The quantitative estimate of drug-likeness (QED) is 0.216. The van der Waals surface area contributed by atoms with E-state index in [-0.39, 0.29) is 30.3 Å². The van der Waals surface area contributed by atoms with Crippen molar-refractivity contribution in [3.63, 3.8) is 0 Å². The van der Waals surface area contributed by atoms with Gasteiger partial charge in [0.25, 0.3) is 0 Å². The maximum atomic E-state index is 15.4. The number of alkyl halides is 1. The largest absolute Gasteiger partial charge is 0.477 e. The Bertz CT molecular complexity index is 1820. The summed E-state index contributed by atoms with van der Waals surface area (Å²) >= 11 is 0. The highest BCUT2D eigenvalue weighted by Gasteiger charge is 2.44. The molecular weight excluding hydrogens is 547 g/mol. The molecule has 0 unspecified atom stereocenters. The van der Waals surface area contributed by atoms with Gasteiger partial charge in [0.1, 0.15) is 29.6 Å². The molecule has 0 saturated heterocycles. The van der Waals surface area contributed by atoms with E-state index in [1.807, 2.05) is 0 Å². The summed E-state index contributed by atoms with van der Waals surface area (Å²) < 4.78 is 50.7. The normalized spacial score (nSPS) is 13.8. The van der Waals surface area contributed by atoms with Crippen LogP contribution < -0.4 is 4.74 Å². The average Bonchev–Trinajstić information content (AvgIpc) is 3.68. The molecule has 0 amide bonds. The lowest BCUT2D eigenvalue weighted by molar-refractivity contribution is 0.0690. The minimum Gasteiger partial charge on any atom is -0.477 e. The first-order chi connectivity index (χ1) is 20.2. The zero-order chi connectivity index (χ0) is 29.4. The summed E-state index contributed by atoms with van der Waals surface area (Å²) in [7, 11) is 0. The zero-order valence-corrected chi connectivity index (χ0v) is 22.6. The van der Waals surface area contributed by atoms with Crippen molar-refractivity contribution in [2.24, 2.45) is 5.41 Å². The van der Waals surface area contributed by atoms with Crippen LogP contribution in [0.1, 0.15) is 45.8 Å². The number of imidazole rings is 1. The lowest BCUT2D eigenvalue weighted by atomic mass is 10.1. The summed E-state index contributed by atoms with van der Waals surface area (Å²) in [4.78, 5) is 28.8. The van der Waals surface area contributed by atoms with E-state index in [2.05, 4.69) is 19.9 Å². The first kappa shape index (κ1) is 27.4. The van der Waals surface area contributed by atoms with Crippen LogP contribution in [0.15, 0.2) is 60.8 Å². The van der Waals surface area contributed by atoms with Crippen LogP contribution >= 0.6 is 0 Å². The van der Waals surface area contributed by atoms with E-state index >= 15 is 4.39 Å². The summed E-state index contributed by atoms with van der Waals surface area (Å²) in [5.74, 6) is -1.56. The highest BCUT2D eigenvalue weighted by atomic mass is 19.1. The molecule has 0 aliphatic heterocycles. The summed E-state index contributed by atoms with van der Waals surface area (Å²) in [6.07, 6.45) is 3.10. The number of hydrogen-bond donors (Lipinski definition) is 1. The number of carbonyl (C=O) groups is 1. The molecule has 1 fully saturated rings. The molecule has 3 heterocycles. The van der Waals surface area contributed by atoms with Gasteiger partial charge in [-0.15, -0.1) is 0 Å². The van der Waals surface area contributed by atoms with Gasteiger partial charge >= 0.3 is 12.0 Å². The Morgan fingerprint density at radius 3 is 2.57 bits per heavy atom. The molecule has 11 heteroatoms. The maximum absolute atomic E-state index is 15.4. The molecule has 0 radical (unpaired) electrons. The molecule has 1 N–H and O–H groups in total. The fraction of sp³-hybridized carbons (Fsp3) is 0.258. The van der Waals surface area contributed by atoms with Crippen LogP contribution in [0.25, 0.3) is 22.4 Å². The number of pyridine rings is 1. The number of nitrogens with zero attached hydrogens (tertiary/aromatic N) is 5. The molecule has 1 saturated carbocycles. The minimum absolute atomic E-state index is 0.0141. The first-order valence-electron chi connectivity index (χ1n) is 13.4. The van der Waals surface area contributed by atoms with Gasteiger partial charge in [0.05, 0.1) is 12.4 Å². The molecule has 3 aromatic heterocycles. The van der Waals surface area contributed by atoms with Gasteiger partial charge in [-0.25, -0.2) is 28.5 Å². The number of aromatic carboxylic acids is 1. The van der Waals surface area contributed by atoms with Gasteiger partial charge in [-0.2, -0.15) is 4.98 Å². The topological polar surface area (TPSA) is 103 Å². The second-order valence-corrected chi connectivity index (χ2v) is 10.7. The second-order valence-electron chi connectivity index (χ2n) is 10.7. The summed E-state index contributed by atoms with van der Waals surface area (Å²) in [5, 5.41) is 9.41. The lowest BCUT2D eigenvalue weighted by Crippen LogP contribution is -2.17. The van der Waals surface area contributed by atoms with Gasteiger partial charge in [0.15, 0.2) is 11.3 Å². The van der Waals surface area contributed by atoms with E-state index in [1.54, 1.807) is 47.9 Å². The number of benzene rings is 2. The number of ether oxygens (including phenoxy) is 1. The smallest absolute Gasteiger partial charge is 0.354 e. The molecule has 6 rings (SSSR count). The Labute approximate surface area is 238 Å². The molecule has 2 aromatic carbocycles. The van der Waals surface area contributed by atoms with Gasteiger partial charge in [0.2, 0.25) is 0 Å². The number of fused-ring (bicyclic) bond motifs is 1.